The second kappa shape index (κ2) is 11.2. The number of hydrogen-bond acceptors (Lipinski definition) is 5. The van der Waals surface area contributed by atoms with Gasteiger partial charge in [0, 0.05) is 27.7 Å². The normalized spacial score (nSPS) is 12.2. The average molecular weight is 563 g/mol. The van der Waals surface area contributed by atoms with E-state index < -0.39 is 6.09 Å². The largest absolute Gasteiger partial charge is 0.452 e. The van der Waals surface area contributed by atoms with Crippen LogP contribution >= 0.6 is 0 Å². The van der Waals surface area contributed by atoms with Crippen molar-refractivity contribution >= 4 is 58.2 Å². The van der Waals surface area contributed by atoms with Crippen molar-refractivity contribution in [2.45, 2.75) is 6.92 Å². The van der Waals surface area contributed by atoms with Crippen molar-refractivity contribution in [1.29, 1.82) is 0 Å². The van der Waals surface area contributed by atoms with Crippen LogP contribution in [-0.2, 0) is 4.74 Å². The molecule has 2 aliphatic heterocycles. The fraction of sp³-hybridized carbons (Fsp3) is 0.0571. The van der Waals surface area contributed by atoms with Crippen molar-refractivity contribution in [3.05, 3.63) is 114 Å². The summed E-state index contributed by atoms with van der Waals surface area (Å²) in [6.07, 6.45) is 7.11. The number of benzene rings is 2. The van der Waals surface area contributed by atoms with Gasteiger partial charge in [-0.25, -0.2) is 14.8 Å². The Kier molecular flexibility index (Phi) is 6.77. The van der Waals surface area contributed by atoms with Gasteiger partial charge in [-0.2, -0.15) is 0 Å². The van der Waals surface area contributed by atoms with Crippen LogP contribution in [0.4, 0.5) is 10.5 Å². The summed E-state index contributed by atoms with van der Waals surface area (Å²) in [4.78, 5) is 29.3. The van der Waals surface area contributed by atoms with Crippen LogP contribution in [0.5, 0.6) is 0 Å². The van der Waals surface area contributed by atoms with Gasteiger partial charge in [-0.15, -0.1) is 5.11 Å². The number of azo groups is 1. The molecule has 0 fully saturated rings. The minimum absolute atomic E-state index is 0.202. The number of amides is 1. The SMILES string of the molecule is CCOC(=O)N=Nc1c2nc(c(-c3ccccc3)c3ccc(cc4nc(c(-c5ccccc5)c5ccc1[nH]5)C=C4)[nH]3)C=C2. The van der Waals surface area contributed by atoms with E-state index in [1.54, 1.807) is 6.92 Å². The van der Waals surface area contributed by atoms with Gasteiger partial charge in [-0.05, 0) is 72.7 Å². The second-order valence-electron chi connectivity index (χ2n) is 9.96. The summed E-state index contributed by atoms with van der Waals surface area (Å²) in [6, 6.07) is 30.2. The van der Waals surface area contributed by atoms with Crippen LogP contribution in [0, 0.1) is 0 Å². The van der Waals surface area contributed by atoms with Crippen LogP contribution in [0.1, 0.15) is 29.7 Å². The van der Waals surface area contributed by atoms with Crippen LogP contribution in [0.2, 0.25) is 0 Å². The molecule has 0 unspecified atom stereocenters. The van der Waals surface area contributed by atoms with Crippen LogP contribution < -0.4 is 0 Å². The summed E-state index contributed by atoms with van der Waals surface area (Å²) < 4.78 is 5.01. The first kappa shape index (κ1) is 26.0. The van der Waals surface area contributed by atoms with Gasteiger partial charge in [0.15, 0.2) is 0 Å². The van der Waals surface area contributed by atoms with E-state index in [4.69, 9.17) is 14.7 Å². The van der Waals surface area contributed by atoms with Gasteiger partial charge in [0.2, 0.25) is 0 Å². The van der Waals surface area contributed by atoms with E-state index >= 15 is 0 Å². The van der Waals surface area contributed by atoms with E-state index in [2.05, 4.69) is 44.5 Å². The lowest BCUT2D eigenvalue weighted by molar-refractivity contribution is 0.162. The maximum Gasteiger partial charge on any atom is 0.452 e. The van der Waals surface area contributed by atoms with Gasteiger partial charge in [0.25, 0.3) is 0 Å². The number of aromatic amines is 2. The number of nitrogens with zero attached hydrogens (tertiary/aromatic N) is 4. The first-order chi connectivity index (χ1) is 21.2. The van der Waals surface area contributed by atoms with Crippen LogP contribution in [0.25, 0.3) is 68.6 Å². The molecule has 0 atom stereocenters. The molecular formula is C35H26N6O2. The fourth-order valence-electron chi connectivity index (χ4n) is 5.29. The molecule has 0 saturated heterocycles. The highest BCUT2D eigenvalue weighted by molar-refractivity contribution is 5.95. The Morgan fingerprint density at radius 2 is 1.30 bits per heavy atom. The molecular weight excluding hydrogens is 536 g/mol. The summed E-state index contributed by atoms with van der Waals surface area (Å²) in [7, 11) is 0. The average Bonchev–Trinajstić information content (AvgIpc) is 3.85. The lowest BCUT2D eigenvalue weighted by Crippen LogP contribution is -1.95. The molecule has 208 valence electrons. The number of carbonyl (C=O) groups is 1. The zero-order valence-corrected chi connectivity index (χ0v) is 23.3. The number of fused-ring (bicyclic) bond motifs is 8. The zero-order chi connectivity index (χ0) is 29.2. The van der Waals surface area contributed by atoms with Gasteiger partial charge in [-0.3, -0.25) is 0 Å². The molecule has 7 rings (SSSR count). The third-order valence-corrected chi connectivity index (χ3v) is 7.17. The van der Waals surface area contributed by atoms with Crippen molar-refractivity contribution in [1.82, 2.24) is 19.9 Å². The van der Waals surface area contributed by atoms with Crippen LogP contribution in [0.3, 0.4) is 0 Å². The highest BCUT2D eigenvalue weighted by Gasteiger charge is 2.16. The van der Waals surface area contributed by atoms with Gasteiger partial charge in [0.1, 0.15) is 5.69 Å². The fourth-order valence-corrected chi connectivity index (χ4v) is 5.29. The molecule has 0 saturated carbocycles. The third-order valence-electron chi connectivity index (χ3n) is 7.17. The molecule has 2 aliphatic rings. The Hall–Kier alpha value is -5.89. The molecule has 0 aliphatic carbocycles. The van der Waals surface area contributed by atoms with Gasteiger partial charge in [-0.1, -0.05) is 65.8 Å². The molecule has 0 spiro atoms. The van der Waals surface area contributed by atoms with Crippen LogP contribution in [-0.4, -0.2) is 32.6 Å². The predicted octanol–water partition coefficient (Wildman–Crippen LogP) is 9.23. The monoisotopic (exact) mass is 562 g/mol. The van der Waals surface area contributed by atoms with Crippen LogP contribution in [0.15, 0.2) is 101 Å². The van der Waals surface area contributed by atoms with Crippen molar-refractivity contribution in [3.8, 4) is 22.3 Å². The van der Waals surface area contributed by atoms with E-state index in [0.29, 0.717) is 16.9 Å². The van der Waals surface area contributed by atoms with Crippen molar-refractivity contribution in [2.24, 2.45) is 10.2 Å². The van der Waals surface area contributed by atoms with Crippen molar-refractivity contribution < 1.29 is 9.53 Å². The van der Waals surface area contributed by atoms with E-state index in [1.807, 2.05) is 91.0 Å². The lowest BCUT2D eigenvalue weighted by atomic mass is 10.0. The molecule has 5 heterocycles. The Labute approximate surface area is 247 Å². The summed E-state index contributed by atoms with van der Waals surface area (Å²) in [5.74, 6) is 0. The molecule has 43 heavy (non-hydrogen) atoms. The standard InChI is InChI=1S/C35H26N6O2/c1-2-43-35(42)41-40-34-30-19-17-28(38-30)32(22-9-5-3-6-10-22)26-15-13-24(36-26)21-25-14-16-27(37-25)33(23-11-7-4-8-12-23)29-18-20-31(34)39-29/h3-21,36,39H,2H2,1H3. The minimum Gasteiger partial charge on any atom is -0.447 e. The molecule has 5 aromatic rings. The first-order valence-corrected chi connectivity index (χ1v) is 14.0. The maximum atomic E-state index is 12.2. The summed E-state index contributed by atoms with van der Waals surface area (Å²) in [5.41, 5.74) is 10.6. The van der Waals surface area contributed by atoms with E-state index in [9.17, 15) is 4.79 Å². The minimum atomic E-state index is -0.766. The lowest BCUT2D eigenvalue weighted by Gasteiger charge is -2.04. The molecule has 2 aromatic carbocycles. The quantitative estimate of drug-likeness (QED) is 0.208. The third kappa shape index (κ3) is 5.17. The van der Waals surface area contributed by atoms with Gasteiger partial charge < -0.3 is 14.7 Å². The molecule has 1 amide bonds. The van der Waals surface area contributed by atoms with E-state index in [1.165, 1.54) is 0 Å². The van der Waals surface area contributed by atoms with Crippen molar-refractivity contribution in [2.75, 3.05) is 6.61 Å². The topological polar surface area (TPSA) is 108 Å². The van der Waals surface area contributed by atoms with Gasteiger partial charge >= 0.3 is 6.09 Å². The summed E-state index contributed by atoms with van der Waals surface area (Å²) in [6.45, 7) is 1.93. The molecule has 8 heteroatoms. The number of hydrogen-bond donors (Lipinski definition) is 2. The highest BCUT2D eigenvalue weighted by Crippen LogP contribution is 2.35. The van der Waals surface area contributed by atoms with E-state index in [-0.39, 0.29) is 6.61 Å². The number of carbonyl (C=O) groups excluding carboxylic acids is 1. The van der Waals surface area contributed by atoms with Crippen molar-refractivity contribution in [3.63, 3.8) is 0 Å². The van der Waals surface area contributed by atoms with E-state index in [0.717, 1.165) is 55.9 Å². The molecule has 2 N–H and O–H groups in total. The number of ether oxygens (including phenoxy) is 1. The zero-order valence-electron chi connectivity index (χ0n) is 23.3. The Morgan fingerprint density at radius 3 is 2.02 bits per heavy atom. The summed E-state index contributed by atoms with van der Waals surface area (Å²) in [5, 5.41) is 8.19. The Bertz CT molecular complexity index is 2070. The smallest absolute Gasteiger partial charge is 0.447 e. The first-order valence-electron chi connectivity index (χ1n) is 14.0. The highest BCUT2D eigenvalue weighted by atomic mass is 16.5. The predicted molar refractivity (Wildman–Crippen MR) is 171 cm³/mol. The Morgan fingerprint density at radius 1 is 0.698 bits per heavy atom. The molecule has 0 radical (unpaired) electrons. The Balaban J connectivity index is 1.60. The molecule has 8 nitrogen and oxygen atoms in total. The maximum absolute atomic E-state index is 12.2. The number of H-pyrrole nitrogens is 2. The van der Waals surface area contributed by atoms with Gasteiger partial charge in [0.05, 0.1) is 34.9 Å². The molecule has 8 bridgehead atoms. The number of rotatable bonds is 4. The summed E-state index contributed by atoms with van der Waals surface area (Å²) >= 11 is 0. The second-order valence-corrected chi connectivity index (χ2v) is 9.96. The number of nitrogens with one attached hydrogen (secondary N) is 2. The molecule has 3 aromatic heterocycles. The number of aromatic nitrogens is 4.